The van der Waals surface area contributed by atoms with E-state index in [1.54, 1.807) is 24.3 Å². The smallest absolute Gasteiger partial charge is 0.366 e. The van der Waals surface area contributed by atoms with Crippen LogP contribution >= 0.6 is 11.6 Å². The predicted octanol–water partition coefficient (Wildman–Crippen LogP) is -0.0348. The number of methoxy groups -OCH3 is 1. The molecule has 280 valence electrons. The van der Waals surface area contributed by atoms with Gasteiger partial charge in [-0.05, 0) is 17.7 Å². The number of ether oxygens (including phenoxy) is 8. The Hall–Kier alpha value is -3.87. The second-order valence-electron chi connectivity index (χ2n) is 11.1. The second kappa shape index (κ2) is 21.4. The van der Waals surface area contributed by atoms with Crippen LogP contribution in [0.25, 0.3) is 0 Å². The van der Waals surface area contributed by atoms with Crippen molar-refractivity contribution in [2.45, 2.75) is 76.8 Å². The molecule has 1 saturated heterocycles. The fourth-order valence-electron chi connectivity index (χ4n) is 5.11. The first kappa shape index (κ1) is 42.3. The van der Waals surface area contributed by atoms with E-state index in [1.807, 2.05) is 0 Å². The zero-order valence-corrected chi connectivity index (χ0v) is 29.5. The highest BCUT2D eigenvalue weighted by Crippen LogP contribution is 2.37. The Morgan fingerprint density at radius 2 is 1.54 bits per heavy atom. The summed E-state index contributed by atoms with van der Waals surface area (Å²) in [7, 11) is 1.07. The molecule has 0 radical (unpaired) electrons. The molecule has 1 aromatic carbocycles. The van der Waals surface area contributed by atoms with E-state index >= 15 is 0 Å². The van der Waals surface area contributed by atoms with Gasteiger partial charge in [-0.3, -0.25) is 24.0 Å². The fraction of sp³-hybridized carbons (Fsp3) is 0.625. The van der Waals surface area contributed by atoms with Crippen molar-refractivity contribution in [2.75, 3.05) is 53.2 Å². The van der Waals surface area contributed by atoms with E-state index < -0.39 is 84.9 Å². The van der Waals surface area contributed by atoms with Gasteiger partial charge >= 0.3 is 23.9 Å². The first-order valence-electron chi connectivity index (χ1n) is 15.8. The van der Waals surface area contributed by atoms with E-state index in [-0.39, 0.29) is 32.8 Å². The van der Waals surface area contributed by atoms with Gasteiger partial charge in [0.05, 0.1) is 65.6 Å². The van der Waals surface area contributed by atoms with Crippen LogP contribution in [0.4, 0.5) is 0 Å². The van der Waals surface area contributed by atoms with Crippen LogP contribution in [0.5, 0.6) is 0 Å². The van der Waals surface area contributed by atoms with Gasteiger partial charge in [0.2, 0.25) is 11.8 Å². The average Bonchev–Trinajstić information content (AvgIpc) is 3.04. The largest absolute Gasteiger partial charge is 0.465 e. The Bertz CT molecular complexity index is 1300. The molecule has 0 aromatic heterocycles. The van der Waals surface area contributed by atoms with Crippen molar-refractivity contribution in [1.82, 2.24) is 10.6 Å². The number of nitrogens with one attached hydrogen (secondary N) is 2. The molecule has 17 nitrogen and oxygen atoms in total. The molecule has 2 amide bonds. The van der Waals surface area contributed by atoms with Crippen LogP contribution in [-0.2, 0) is 73.1 Å². The number of halogens is 1. The third-order valence-corrected chi connectivity index (χ3v) is 7.27. The summed E-state index contributed by atoms with van der Waals surface area (Å²) < 4.78 is 44.6. The van der Waals surface area contributed by atoms with E-state index in [9.17, 15) is 28.8 Å². The van der Waals surface area contributed by atoms with Crippen molar-refractivity contribution in [3.63, 3.8) is 0 Å². The summed E-state index contributed by atoms with van der Waals surface area (Å²) in [5.74, 6) is -6.98. The van der Waals surface area contributed by atoms with Gasteiger partial charge in [0.25, 0.3) is 5.79 Å². The molecule has 0 unspecified atom stereocenters. The minimum Gasteiger partial charge on any atom is -0.465 e. The van der Waals surface area contributed by atoms with Crippen LogP contribution in [0, 0.1) is 0 Å². The minimum atomic E-state index is -2.31. The molecule has 6 atom stereocenters. The Labute approximate surface area is 295 Å². The summed E-state index contributed by atoms with van der Waals surface area (Å²) in [6, 6.07) is 5.24. The first-order chi connectivity index (χ1) is 23.7. The molecule has 1 fully saturated rings. The van der Waals surface area contributed by atoms with Gasteiger partial charge in [-0.1, -0.05) is 23.7 Å². The van der Waals surface area contributed by atoms with Gasteiger partial charge in [-0.2, -0.15) is 0 Å². The fourth-order valence-corrected chi connectivity index (χ4v) is 5.24. The Morgan fingerprint density at radius 1 is 0.920 bits per heavy atom. The molecule has 0 bridgehead atoms. The number of benzene rings is 1. The maximum Gasteiger partial charge on any atom is 0.366 e. The molecule has 0 saturated carbocycles. The van der Waals surface area contributed by atoms with Crippen molar-refractivity contribution in [3.8, 4) is 0 Å². The summed E-state index contributed by atoms with van der Waals surface area (Å²) in [6.45, 7) is 4.85. The standard InChI is InChI=1S/C32H46ClN3O14/c1-19(37)36-28-25(47-20(2)38)17-32(31(42)43-5,46-15-14-45-13-12-44-11-10-34)50-30(28)29(49-22(4)40)26(48-21(3)39)18-35-27(41)16-23-6-8-24(33)9-7-23/h6-9,25-26,28-30H,10-18,34H2,1-5H3,(H,35,41)(H,36,37)/t25-,26+,28+,29+,30+,32+/m0/s1. The molecule has 50 heavy (non-hydrogen) atoms. The average molecular weight is 732 g/mol. The predicted molar refractivity (Wildman–Crippen MR) is 173 cm³/mol. The van der Waals surface area contributed by atoms with Gasteiger partial charge in [-0.15, -0.1) is 0 Å². The molecule has 1 aromatic rings. The van der Waals surface area contributed by atoms with Crippen LogP contribution in [-0.4, -0.2) is 125 Å². The van der Waals surface area contributed by atoms with E-state index in [1.165, 1.54) is 6.92 Å². The highest BCUT2D eigenvalue weighted by atomic mass is 35.5. The quantitative estimate of drug-likeness (QED) is 0.0909. The first-order valence-corrected chi connectivity index (χ1v) is 16.1. The van der Waals surface area contributed by atoms with Crippen LogP contribution in [0.3, 0.4) is 0 Å². The van der Waals surface area contributed by atoms with Crippen LogP contribution in [0.1, 0.15) is 39.7 Å². The maximum absolute atomic E-state index is 13.4. The number of hydrogen-bond donors (Lipinski definition) is 3. The van der Waals surface area contributed by atoms with Gasteiger partial charge in [0, 0.05) is 39.3 Å². The van der Waals surface area contributed by atoms with E-state index in [0.717, 1.165) is 27.9 Å². The van der Waals surface area contributed by atoms with Gasteiger partial charge in [0.1, 0.15) is 12.2 Å². The van der Waals surface area contributed by atoms with E-state index in [4.69, 9.17) is 55.2 Å². The lowest BCUT2D eigenvalue weighted by Crippen LogP contribution is -2.69. The molecule has 18 heteroatoms. The molecule has 0 spiro atoms. The van der Waals surface area contributed by atoms with E-state index in [0.29, 0.717) is 23.7 Å². The van der Waals surface area contributed by atoms with Crippen molar-refractivity contribution in [3.05, 3.63) is 34.9 Å². The summed E-state index contributed by atoms with van der Waals surface area (Å²) in [5.41, 5.74) is 6.03. The lowest BCUT2D eigenvalue weighted by Gasteiger charge is -2.48. The Morgan fingerprint density at radius 3 is 2.10 bits per heavy atom. The highest BCUT2D eigenvalue weighted by Gasteiger charge is 2.59. The van der Waals surface area contributed by atoms with Crippen LogP contribution in [0.2, 0.25) is 5.02 Å². The molecule has 4 N–H and O–H groups in total. The number of nitrogens with two attached hydrogens (primary N) is 1. The summed E-state index contributed by atoms with van der Waals surface area (Å²) in [5, 5.41) is 5.74. The van der Waals surface area contributed by atoms with Crippen molar-refractivity contribution < 1.29 is 66.7 Å². The molecule has 2 rings (SSSR count). The normalized spacial score (nSPS) is 21.2. The number of rotatable bonds is 20. The zero-order valence-electron chi connectivity index (χ0n) is 28.7. The molecular weight excluding hydrogens is 686 g/mol. The third-order valence-electron chi connectivity index (χ3n) is 7.02. The summed E-state index contributed by atoms with van der Waals surface area (Å²) >= 11 is 5.93. The zero-order chi connectivity index (χ0) is 37.3. The lowest BCUT2D eigenvalue weighted by atomic mass is 9.87. The number of carbonyl (C=O) groups excluding carboxylic acids is 6. The van der Waals surface area contributed by atoms with Gasteiger partial charge in [0.15, 0.2) is 12.2 Å². The van der Waals surface area contributed by atoms with Crippen LogP contribution in [0.15, 0.2) is 24.3 Å². The van der Waals surface area contributed by atoms with Crippen LogP contribution < -0.4 is 16.4 Å². The number of esters is 4. The minimum absolute atomic E-state index is 0.0464. The second-order valence-corrected chi connectivity index (χ2v) is 11.5. The Kier molecular flexibility index (Phi) is 18.1. The summed E-state index contributed by atoms with van der Waals surface area (Å²) in [6.07, 6.45) is -6.60. The molecule has 1 heterocycles. The van der Waals surface area contributed by atoms with Crippen molar-refractivity contribution in [2.24, 2.45) is 5.73 Å². The lowest BCUT2D eigenvalue weighted by molar-refractivity contribution is -0.315. The molecule has 0 aliphatic carbocycles. The SMILES string of the molecule is COC(=O)[C@@]1(OCCOCCOCCN)C[C@H](OC(C)=O)[C@@H](NC(C)=O)[C@H]([C@H](OC(C)=O)[C@@H](CNC(=O)Cc2ccc(Cl)cc2)OC(C)=O)O1. The van der Waals surface area contributed by atoms with Crippen molar-refractivity contribution in [1.29, 1.82) is 0 Å². The number of carbonyl (C=O) groups is 6. The van der Waals surface area contributed by atoms with Crippen molar-refractivity contribution >= 4 is 47.3 Å². The number of amides is 2. The topological polar surface area (TPSA) is 226 Å². The third kappa shape index (κ3) is 14.2. The van der Waals surface area contributed by atoms with Gasteiger partial charge in [-0.25, -0.2) is 4.79 Å². The van der Waals surface area contributed by atoms with Gasteiger partial charge < -0.3 is 54.3 Å². The Balaban J connectivity index is 2.51. The van der Waals surface area contributed by atoms with E-state index in [2.05, 4.69) is 10.6 Å². The number of hydrogen-bond acceptors (Lipinski definition) is 15. The highest BCUT2D eigenvalue weighted by molar-refractivity contribution is 6.30. The molecular formula is C32H46ClN3O14. The molecule has 1 aliphatic heterocycles. The summed E-state index contributed by atoms with van der Waals surface area (Å²) in [4.78, 5) is 75.9. The maximum atomic E-state index is 13.4. The monoisotopic (exact) mass is 731 g/mol. The molecule has 1 aliphatic rings.